The van der Waals surface area contributed by atoms with Crippen molar-refractivity contribution in [3.8, 4) is 5.88 Å². The van der Waals surface area contributed by atoms with Gasteiger partial charge in [0.1, 0.15) is 4.90 Å². The van der Waals surface area contributed by atoms with Gasteiger partial charge in [0.15, 0.2) is 9.92 Å². The number of rotatable bonds is 4. The van der Waals surface area contributed by atoms with Crippen LogP contribution < -0.4 is 15.2 Å². The van der Waals surface area contributed by atoms with Crippen LogP contribution in [0.25, 0.3) is 0 Å². The number of amides is 2. The summed E-state index contributed by atoms with van der Waals surface area (Å²) in [7, 11) is -3.70. The number of aromatic nitrogens is 2. The number of fused-ring (bicyclic) bond motifs is 3. The molecule has 190 valence electrons. The van der Waals surface area contributed by atoms with E-state index < -0.39 is 40.4 Å². The molecule has 2 heterocycles. The second-order valence-electron chi connectivity index (χ2n) is 9.69. The summed E-state index contributed by atoms with van der Waals surface area (Å²) < 4.78 is 62.3. The highest BCUT2D eigenvalue weighted by molar-refractivity contribution is 7.91. The van der Waals surface area contributed by atoms with E-state index in [1.807, 2.05) is 0 Å². The number of anilines is 1. The first-order valence-electron chi connectivity index (χ1n) is 11.8. The van der Waals surface area contributed by atoms with Crippen LogP contribution in [0.5, 0.6) is 5.88 Å². The first-order chi connectivity index (χ1) is 16.5. The van der Waals surface area contributed by atoms with Crippen molar-refractivity contribution in [2.45, 2.75) is 69.5 Å². The fraction of sp³-hybridized carbons (Fsp3) is 0.565. The zero-order chi connectivity index (χ0) is 25.0. The Balaban J connectivity index is 1.37. The Labute approximate surface area is 201 Å². The Kier molecular flexibility index (Phi) is 6.07. The van der Waals surface area contributed by atoms with Crippen LogP contribution in [0.15, 0.2) is 21.5 Å². The number of carbonyl (C=O) groups is 1. The number of ether oxygens (including phenoxy) is 1. The molecule has 0 saturated heterocycles. The number of nitrogens with zero attached hydrogens (tertiary/aromatic N) is 3. The minimum absolute atomic E-state index is 0.0000541. The molecule has 0 bridgehead atoms. The summed E-state index contributed by atoms with van der Waals surface area (Å²) in [6.07, 6.45) is 1.74. The number of halogens is 3. The van der Waals surface area contributed by atoms with Gasteiger partial charge in [0.05, 0.1) is 19.3 Å². The molecule has 2 aromatic rings. The minimum atomic E-state index is -4.27. The maximum atomic E-state index is 13.3. The van der Waals surface area contributed by atoms with E-state index in [0.717, 1.165) is 55.3 Å². The van der Waals surface area contributed by atoms with Crippen molar-refractivity contribution in [1.29, 1.82) is 0 Å². The van der Waals surface area contributed by atoms with Crippen molar-refractivity contribution in [3.05, 3.63) is 34.5 Å². The maximum absolute atomic E-state index is 13.3. The van der Waals surface area contributed by atoms with Crippen molar-refractivity contribution >= 4 is 21.6 Å². The van der Waals surface area contributed by atoms with Gasteiger partial charge in [-0.1, -0.05) is 13.0 Å². The second kappa shape index (κ2) is 8.81. The molecule has 2 aliphatic carbocycles. The van der Waals surface area contributed by atoms with Crippen molar-refractivity contribution < 1.29 is 26.9 Å². The molecule has 1 aliphatic heterocycles. The lowest BCUT2D eigenvalue weighted by atomic mass is 9.91. The number of benzene rings is 1. The van der Waals surface area contributed by atoms with E-state index in [2.05, 4.69) is 20.8 Å². The topological polar surface area (TPSA) is 112 Å². The van der Waals surface area contributed by atoms with E-state index in [1.165, 1.54) is 28.9 Å². The summed E-state index contributed by atoms with van der Waals surface area (Å²) in [4.78, 5) is 12.8. The zero-order valence-electron chi connectivity index (χ0n) is 19.4. The van der Waals surface area contributed by atoms with Crippen LogP contribution in [0.1, 0.15) is 48.4 Å². The number of hydrogen-bond donors (Lipinski definition) is 2. The molecule has 3 atom stereocenters. The van der Waals surface area contributed by atoms with Gasteiger partial charge in [-0.2, -0.15) is 18.3 Å². The number of urea groups is 1. The standard InChI is InChI=1S/C23H28F3N5O3S/c1-13(9-23(24,25)26)16-11-31-21(34-12-16)19(10-28-31)35(27,33)30-22(32)29-20-17-6-2-4-14(17)8-15-5-3-7-18(15)20/h8,10,13,16H,2-7,9,11-12H2,1H3,(H3,27,29,30,32,33)/t13?,16-,35?/m0/s1. The molecule has 0 spiro atoms. The van der Waals surface area contributed by atoms with Gasteiger partial charge in [0.25, 0.3) is 0 Å². The Morgan fingerprint density at radius 2 is 1.94 bits per heavy atom. The van der Waals surface area contributed by atoms with E-state index >= 15 is 0 Å². The molecule has 0 saturated carbocycles. The molecule has 3 N–H and O–H groups in total. The first kappa shape index (κ1) is 24.1. The van der Waals surface area contributed by atoms with Gasteiger partial charge < -0.3 is 10.1 Å². The lowest BCUT2D eigenvalue weighted by Gasteiger charge is -2.29. The van der Waals surface area contributed by atoms with Gasteiger partial charge in [0.2, 0.25) is 5.88 Å². The number of hydrogen-bond acceptors (Lipinski definition) is 4. The highest BCUT2D eigenvalue weighted by atomic mass is 32.2. The Hall–Kier alpha value is -2.60. The van der Waals surface area contributed by atoms with Gasteiger partial charge in [-0.05, 0) is 66.7 Å². The van der Waals surface area contributed by atoms with Gasteiger partial charge in [-0.15, -0.1) is 4.36 Å². The summed E-state index contributed by atoms with van der Waals surface area (Å²) in [5.74, 6) is -1.03. The van der Waals surface area contributed by atoms with Crippen molar-refractivity contribution in [2.75, 3.05) is 11.9 Å². The van der Waals surface area contributed by atoms with E-state index in [0.29, 0.717) is 0 Å². The Morgan fingerprint density at radius 1 is 1.29 bits per heavy atom. The molecule has 2 amide bonds. The maximum Gasteiger partial charge on any atom is 0.389 e. The number of carbonyl (C=O) groups excluding carboxylic acids is 1. The van der Waals surface area contributed by atoms with Crippen LogP contribution in [-0.2, 0) is 42.1 Å². The molecular weight excluding hydrogens is 483 g/mol. The third-order valence-electron chi connectivity index (χ3n) is 7.20. The normalized spacial score (nSPS) is 21.3. The number of aryl methyl sites for hydroxylation is 2. The first-order valence-corrected chi connectivity index (χ1v) is 13.4. The van der Waals surface area contributed by atoms with E-state index in [-0.39, 0.29) is 23.9 Å². The van der Waals surface area contributed by atoms with E-state index in [4.69, 9.17) is 9.88 Å². The average molecular weight is 512 g/mol. The third-order valence-corrected chi connectivity index (χ3v) is 8.55. The fourth-order valence-electron chi connectivity index (χ4n) is 5.44. The van der Waals surface area contributed by atoms with Crippen molar-refractivity contribution in [1.82, 2.24) is 9.78 Å². The van der Waals surface area contributed by atoms with E-state index in [9.17, 15) is 22.2 Å². The zero-order valence-corrected chi connectivity index (χ0v) is 20.2. The Morgan fingerprint density at radius 3 is 2.57 bits per heavy atom. The molecule has 35 heavy (non-hydrogen) atoms. The van der Waals surface area contributed by atoms with Gasteiger partial charge >= 0.3 is 12.2 Å². The predicted octanol–water partition coefficient (Wildman–Crippen LogP) is 4.39. The fourth-order valence-corrected chi connectivity index (χ4v) is 6.44. The third kappa shape index (κ3) is 4.77. The number of alkyl halides is 3. The lowest BCUT2D eigenvalue weighted by Crippen LogP contribution is -2.33. The molecule has 3 aliphatic rings. The van der Waals surface area contributed by atoms with Gasteiger partial charge in [-0.25, -0.2) is 18.8 Å². The monoisotopic (exact) mass is 511 g/mol. The van der Waals surface area contributed by atoms with E-state index in [1.54, 1.807) is 0 Å². The molecule has 5 rings (SSSR count). The molecule has 1 aromatic heterocycles. The number of nitrogens with two attached hydrogens (primary N) is 1. The molecule has 0 radical (unpaired) electrons. The second-order valence-corrected chi connectivity index (χ2v) is 11.4. The van der Waals surface area contributed by atoms with Crippen LogP contribution >= 0.6 is 0 Å². The predicted molar refractivity (Wildman–Crippen MR) is 124 cm³/mol. The molecule has 2 unspecified atom stereocenters. The van der Waals surface area contributed by atoms with Crippen LogP contribution in [0.4, 0.5) is 23.7 Å². The molecule has 0 fully saturated rings. The summed E-state index contributed by atoms with van der Waals surface area (Å²) in [5.41, 5.74) is 5.47. The van der Waals surface area contributed by atoms with Gasteiger partial charge in [0, 0.05) is 18.0 Å². The smallest absolute Gasteiger partial charge is 0.389 e. The highest BCUT2D eigenvalue weighted by Crippen LogP contribution is 2.39. The van der Waals surface area contributed by atoms with Crippen LogP contribution in [0.3, 0.4) is 0 Å². The number of nitrogens with one attached hydrogen (secondary N) is 1. The lowest BCUT2D eigenvalue weighted by molar-refractivity contribution is -0.149. The summed E-state index contributed by atoms with van der Waals surface area (Å²) >= 11 is 0. The van der Waals surface area contributed by atoms with Crippen LogP contribution in [0, 0.1) is 11.8 Å². The summed E-state index contributed by atoms with van der Waals surface area (Å²) in [5, 5.41) is 12.9. The van der Waals surface area contributed by atoms with Crippen LogP contribution in [-0.4, -0.2) is 32.8 Å². The van der Waals surface area contributed by atoms with Crippen molar-refractivity contribution in [2.24, 2.45) is 21.3 Å². The van der Waals surface area contributed by atoms with Gasteiger partial charge in [-0.3, -0.25) is 0 Å². The molecular formula is C23H28F3N5O3S. The minimum Gasteiger partial charge on any atom is -0.477 e. The Bertz CT molecular complexity index is 1260. The largest absolute Gasteiger partial charge is 0.477 e. The highest BCUT2D eigenvalue weighted by Gasteiger charge is 2.36. The summed E-state index contributed by atoms with van der Waals surface area (Å²) in [6, 6.07) is 1.43. The summed E-state index contributed by atoms with van der Waals surface area (Å²) in [6.45, 7) is 1.68. The molecule has 12 heteroatoms. The SMILES string of the molecule is CC(CC(F)(F)F)[C@@H]1COc2c(S(N)(=O)=NC(=O)Nc3c4c(cc5c3CCC5)CCC4)cnn2C1. The molecule has 8 nitrogen and oxygen atoms in total. The van der Waals surface area contributed by atoms with Crippen LogP contribution in [0.2, 0.25) is 0 Å². The average Bonchev–Trinajstić information content (AvgIpc) is 3.50. The van der Waals surface area contributed by atoms with Crippen molar-refractivity contribution in [3.63, 3.8) is 0 Å². The quantitative estimate of drug-likeness (QED) is 0.634. The molecule has 1 aromatic carbocycles.